The first-order valence-electron chi connectivity index (χ1n) is 8.40. The third-order valence-corrected chi connectivity index (χ3v) is 3.67. The Morgan fingerprint density at radius 2 is 1.73 bits per heavy atom. The second-order valence-electron chi connectivity index (χ2n) is 6.25. The maximum Gasteiger partial charge on any atom is 0.412 e. The van der Waals surface area contributed by atoms with Gasteiger partial charge in [0.1, 0.15) is 11.9 Å². The molecule has 0 spiro atoms. The van der Waals surface area contributed by atoms with Crippen LogP contribution in [0.1, 0.15) is 23.6 Å². The van der Waals surface area contributed by atoms with Crippen molar-refractivity contribution in [2.75, 3.05) is 11.9 Å². The molecule has 2 N–H and O–H groups in total. The Morgan fingerprint density at radius 3 is 2.46 bits per heavy atom. The van der Waals surface area contributed by atoms with Crippen LogP contribution in [0.2, 0.25) is 0 Å². The van der Waals surface area contributed by atoms with Gasteiger partial charge in [0.2, 0.25) is 0 Å². The van der Waals surface area contributed by atoms with E-state index in [9.17, 15) is 9.59 Å². The van der Waals surface area contributed by atoms with Crippen molar-refractivity contribution in [3.63, 3.8) is 0 Å². The number of ether oxygens (including phenoxy) is 2. The third-order valence-electron chi connectivity index (χ3n) is 3.67. The summed E-state index contributed by atoms with van der Waals surface area (Å²) in [6, 6.07) is 13.0. The quantitative estimate of drug-likeness (QED) is 0.836. The number of hydrogen-bond donors (Lipinski definition) is 2. The van der Waals surface area contributed by atoms with Crippen molar-refractivity contribution >= 4 is 17.9 Å². The average Bonchev–Trinajstić information content (AvgIpc) is 2.56. The second-order valence-corrected chi connectivity index (χ2v) is 6.25. The van der Waals surface area contributed by atoms with E-state index in [1.165, 1.54) is 0 Å². The molecule has 2 aromatic carbocycles. The maximum absolute atomic E-state index is 12.0. The molecule has 0 fully saturated rings. The lowest BCUT2D eigenvalue weighted by atomic mass is 10.1. The van der Waals surface area contributed by atoms with E-state index in [2.05, 4.69) is 10.6 Å². The predicted octanol–water partition coefficient (Wildman–Crippen LogP) is 4.34. The predicted molar refractivity (Wildman–Crippen MR) is 101 cm³/mol. The Bertz CT molecular complexity index is 789. The Balaban J connectivity index is 1.77. The van der Waals surface area contributed by atoms with Crippen LogP contribution in [-0.4, -0.2) is 24.8 Å². The van der Waals surface area contributed by atoms with Crippen molar-refractivity contribution in [1.29, 1.82) is 0 Å². The lowest BCUT2D eigenvalue weighted by molar-refractivity contribution is 0.118. The van der Waals surface area contributed by atoms with Crippen molar-refractivity contribution in [1.82, 2.24) is 5.32 Å². The van der Waals surface area contributed by atoms with Crippen LogP contribution in [0.5, 0.6) is 5.75 Å². The Morgan fingerprint density at radius 1 is 1.00 bits per heavy atom. The van der Waals surface area contributed by atoms with Crippen LogP contribution in [0.4, 0.5) is 15.3 Å². The van der Waals surface area contributed by atoms with Crippen molar-refractivity contribution in [2.45, 2.75) is 33.8 Å². The molecule has 26 heavy (non-hydrogen) atoms. The average molecular weight is 356 g/mol. The van der Waals surface area contributed by atoms with Gasteiger partial charge in [-0.1, -0.05) is 24.3 Å². The fourth-order valence-electron chi connectivity index (χ4n) is 2.28. The first kappa shape index (κ1) is 19.3. The minimum Gasteiger partial charge on any atom is -0.444 e. The molecule has 0 radical (unpaired) electrons. The molecule has 2 aromatic rings. The summed E-state index contributed by atoms with van der Waals surface area (Å²) in [5.41, 5.74) is 3.68. The SMILES string of the molecule is Cc1cccc(OC(=O)NC[C@H](C)OC(=O)Nc2cc(C)ccc2C)c1. The molecular weight excluding hydrogens is 332 g/mol. The van der Waals surface area contributed by atoms with Crippen LogP contribution in [0.25, 0.3) is 0 Å². The molecule has 0 saturated heterocycles. The number of nitrogens with one attached hydrogen (secondary N) is 2. The van der Waals surface area contributed by atoms with Gasteiger partial charge in [0, 0.05) is 5.69 Å². The van der Waals surface area contributed by atoms with E-state index in [1.54, 1.807) is 25.1 Å². The van der Waals surface area contributed by atoms with Gasteiger partial charge in [-0.3, -0.25) is 5.32 Å². The van der Waals surface area contributed by atoms with Crippen molar-refractivity contribution in [2.24, 2.45) is 0 Å². The second kappa shape index (κ2) is 8.89. The van der Waals surface area contributed by atoms with Crippen LogP contribution in [0.3, 0.4) is 0 Å². The highest BCUT2D eigenvalue weighted by atomic mass is 16.6. The van der Waals surface area contributed by atoms with Crippen molar-refractivity contribution in [3.8, 4) is 5.75 Å². The molecular formula is C20H24N2O4. The summed E-state index contributed by atoms with van der Waals surface area (Å²) >= 11 is 0. The third kappa shape index (κ3) is 6.12. The number of rotatable bonds is 5. The van der Waals surface area contributed by atoms with Gasteiger partial charge < -0.3 is 14.8 Å². The monoisotopic (exact) mass is 356 g/mol. The van der Waals surface area contributed by atoms with E-state index in [-0.39, 0.29) is 6.54 Å². The van der Waals surface area contributed by atoms with E-state index in [1.807, 2.05) is 45.0 Å². The number of carbonyl (C=O) groups excluding carboxylic acids is 2. The molecule has 0 heterocycles. The highest BCUT2D eigenvalue weighted by Crippen LogP contribution is 2.16. The summed E-state index contributed by atoms with van der Waals surface area (Å²) in [5.74, 6) is 0.462. The molecule has 6 nitrogen and oxygen atoms in total. The molecule has 2 amide bonds. The minimum atomic E-state index is -0.596. The zero-order valence-electron chi connectivity index (χ0n) is 15.5. The number of benzene rings is 2. The van der Waals surface area contributed by atoms with Gasteiger partial charge in [-0.25, -0.2) is 9.59 Å². The molecule has 1 atom stereocenters. The first-order valence-corrected chi connectivity index (χ1v) is 8.40. The van der Waals surface area contributed by atoms with Gasteiger partial charge in [-0.15, -0.1) is 0 Å². The summed E-state index contributed by atoms with van der Waals surface area (Å²) in [4.78, 5) is 23.8. The van der Waals surface area contributed by atoms with Crippen molar-refractivity contribution in [3.05, 3.63) is 59.2 Å². The zero-order chi connectivity index (χ0) is 19.1. The number of hydrogen-bond acceptors (Lipinski definition) is 4. The molecule has 138 valence electrons. The van der Waals surface area contributed by atoms with Crippen LogP contribution >= 0.6 is 0 Å². The van der Waals surface area contributed by atoms with Crippen LogP contribution in [-0.2, 0) is 4.74 Å². The molecule has 0 unspecified atom stereocenters. The van der Waals surface area contributed by atoms with E-state index in [0.717, 1.165) is 16.7 Å². The summed E-state index contributed by atoms with van der Waals surface area (Å²) in [7, 11) is 0. The summed E-state index contributed by atoms with van der Waals surface area (Å²) in [6.45, 7) is 7.60. The topological polar surface area (TPSA) is 76.7 Å². The van der Waals surface area contributed by atoms with E-state index >= 15 is 0 Å². The standard InChI is InChI=1S/C20H24N2O4/c1-13-6-5-7-17(10-13)26-19(23)21-12-16(4)25-20(24)22-18-11-14(2)8-9-15(18)3/h5-11,16H,12H2,1-4H3,(H,21,23)(H,22,24)/t16-/m0/s1. The van der Waals surface area contributed by atoms with E-state index < -0.39 is 18.3 Å². The smallest absolute Gasteiger partial charge is 0.412 e. The fourth-order valence-corrected chi connectivity index (χ4v) is 2.28. The largest absolute Gasteiger partial charge is 0.444 e. The molecule has 0 aliphatic heterocycles. The van der Waals surface area contributed by atoms with Gasteiger partial charge in [-0.2, -0.15) is 0 Å². The summed E-state index contributed by atoms with van der Waals surface area (Å²) in [6.07, 6.45) is -1.67. The lowest BCUT2D eigenvalue weighted by Gasteiger charge is -2.15. The van der Waals surface area contributed by atoms with Crippen molar-refractivity contribution < 1.29 is 19.1 Å². The molecule has 2 rings (SSSR count). The van der Waals surface area contributed by atoms with Gasteiger partial charge in [0.15, 0.2) is 0 Å². The van der Waals surface area contributed by atoms with Gasteiger partial charge in [0.05, 0.1) is 6.54 Å². The number of aryl methyl sites for hydroxylation is 3. The normalized spacial score (nSPS) is 11.4. The van der Waals surface area contributed by atoms with Gasteiger partial charge in [0.25, 0.3) is 0 Å². The van der Waals surface area contributed by atoms with Gasteiger partial charge >= 0.3 is 12.2 Å². The van der Waals surface area contributed by atoms with E-state index in [4.69, 9.17) is 9.47 Å². The summed E-state index contributed by atoms with van der Waals surface area (Å²) in [5, 5.41) is 5.28. The Hall–Kier alpha value is -3.02. The molecule has 0 saturated carbocycles. The number of anilines is 1. The summed E-state index contributed by atoms with van der Waals surface area (Å²) < 4.78 is 10.4. The van der Waals surface area contributed by atoms with Gasteiger partial charge in [-0.05, 0) is 62.6 Å². The highest BCUT2D eigenvalue weighted by molar-refractivity contribution is 5.85. The molecule has 0 aliphatic carbocycles. The van der Waals surface area contributed by atoms with Crippen LogP contribution < -0.4 is 15.4 Å². The Labute approximate surface area is 153 Å². The number of carbonyl (C=O) groups is 2. The molecule has 0 aromatic heterocycles. The Kier molecular flexibility index (Phi) is 6.60. The zero-order valence-corrected chi connectivity index (χ0v) is 15.5. The maximum atomic E-state index is 12.0. The fraction of sp³-hybridized carbons (Fsp3) is 0.300. The molecule has 0 bridgehead atoms. The molecule has 6 heteroatoms. The first-order chi connectivity index (χ1) is 12.3. The van der Waals surface area contributed by atoms with Crippen LogP contribution in [0.15, 0.2) is 42.5 Å². The number of amides is 2. The highest BCUT2D eigenvalue weighted by Gasteiger charge is 2.13. The minimum absolute atomic E-state index is 0.144. The van der Waals surface area contributed by atoms with Crippen LogP contribution in [0, 0.1) is 20.8 Å². The molecule has 0 aliphatic rings. The van der Waals surface area contributed by atoms with E-state index in [0.29, 0.717) is 11.4 Å². The lowest BCUT2D eigenvalue weighted by Crippen LogP contribution is -2.35.